The predicted molar refractivity (Wildman–Crippen MR) is 79.8 cm³/mol. The molecule has 1 aromatic heterocycles. The van der Waals surface area contributed by atoms with E-state index < -0.39 is 0 Å². The standard InChI is InChI=1S/C15H12ClN3O2/c16-13-5-3-11(4-6-13)14(20)7-9-18-19-15(21)12-2-1-8-17-10-12/h1-10,18H,(H,19,21)/b9-7+. The number of carbonyl (C=O) groups excluding carboxylic acids is 2. The number of amides is 1. The third-order valence-electron chi connectivity index (χ3n) is 2.56. The van der Waals surface area contributed by atoms with Crippen LogP contribution in [0.3, 0.4) is 0 Å². The number of carbonyl (C=O) groups is 2. The van der Waals surface area contributed by atoms with Crippen LogP contribution in [0, 0.1) is 0 Å². The Labute approximate surface area is 126 Å². The summed E-state index contributed by atoms with van der Waals surface area (Å²) in [5.41, 5.74) is 5.90. The maximum atomic E-state index is 11.8. The number of hydrogen-bond acceptors (Lipinski definition) is 4. The summed E-state index contributed by atoms with van der Waals surface area (Å²) in [7, 11) is 0. The summed E-state index contributed by atoms with van der Waals surface area (Å²) in [5, 5.41) is 0.567. The Balaban J connectivity index is 1.84. The van der Waals surface area contributed by atoms with Gasteiger partial charge in [0.15, 0.2) is 5.78 Å². The van der Waals surface area contributed by atoms with Crippen LogP contribution in [-0.4, -0.2) is 16.7 Å². The van der Waals surface area contributed by atoms with E-state index in [0.717, 1.165) is 0 Å². The average molecular weight is 302 g/mol. The lowest BCUT2D eigenvalue weighted by molar-refractivity contribution is 0.0938. The predicted octanol–water partition coefficient (Wildman–Crippen LogP) is 2.37. The van der Waals surface area contributed by atoms with Gasteiger partial charge in [0.25, 0.3) is 5.91 Å². The van der Waals surface area contributed by atoms with E-state index in [1.807, 2.05) is 0 Å². The molecule has 0 atom stereocenters. The molecular formula is C15H12ClN3O2. The van der Waals surface area contributed by atoms with Crippen molar-refractivity contribution in [1.29, 1.82) is 0 Å². The van der Waals surface area contributed by atoms with Crippen LogP contribution in [-0.2, 0) is 0 Å². The number of halogens is 1. The summed E-state index contributed by atoms with van der Waals surface area (Å²) in [6.45, 7) is 0. The van der Waals surface area contributed by atoms with E-state index in [2.05, 4.69) is 15.8 Å². The Kier molecular flexibility index (Phi) is 5.06. The van der Waals surface area contributed by atoms with Gasteiger partial charge in [0.1, 0.15) is 0 Å². The molecule has 0 radical (unpaired) electrons. The fraction of sp³-hybridized carbons (Fsp3) is 0. The Morgan fingerprint density at radius 2 is 1.86 bits per heavy atom. The summed E-state index contributed by atoms with van der Waals surface area (Å²) in [4.78, 5) is 27.3. The monoisotopic (exact) mass is 301 g/mol. The molecule has 0 aliphatic rings. The van der Waals surface area contributed by atoms with Crippen molar-refractivity contribution in [3.8, 4) is 0 Å². The van der Waals surface area contributed by atoms with Gasteiger partial charge in [-0.3, -0.25) is 20.0 Å². The third-order valence-corrected chi connectivity index (χ3v) is 2.81. The molecule has 1 amide bonds. The lowest BCUT2D eigenvalue weighted by Crippen LogP contribution is -2.33. The number of hydrogen-bond donors (Lipinski definition) is 2. The summed E-state index contributed by atoms with van der Waals surface area (Å²) in [5.74, 6) is -0.540. The van der Waals surface area contributed by atoms with E-state index in [4.69, 9.17) is 11.6 Å². The normalized spacial score (nSPS) is 10.3. The van der Waals surface area contributed by atoms with Gasteiger partial charge in [0.2, 0.25) is 0 Å². The molecule has 2 aromatic rings. The molecule has 0 saturated heterocycles. The minimum absolute atomic E-state index is 0.199. The molecule has 0 fully saturated rings. The second kappa shape index (κ2) is 7.21. The van der Waals surface area contributed by atoms with Crippen LogP contribution >= 0.6 is 11.6 Å². The zero-order valence-electron chi connectivity index (χ0n) is 10.9. The zero-order chi connectivity index (χ0) is 15.1. The highest BCUT2D eigenvalue weighted by atomic mass is 35.5. The van der Waals surface area contributed by atoms with Gasteiger partial charge in [-0.2, -0.15) is 0 Å². The SMILES string of the molecule is O=C(/C=C/NNC(=O)c1cccnc1)c1ccc(Cl)cc1. The van der Waals surface area contributed by atoms with Gasteiger partial charge in [0.05, 0.1) is 5.56 Å². The molecule has 106 valence electrons. The fourth-order valence-corrected chi connectivity index (χ4v) is 1.63. The molecule has 1 aromatic carbocycles. The first-order valence-electron chi connectivity index (χ1n) is 6.09. The van der Waals surface area contributed by atoms with Crippen molar-refractivity contribution < 1.29 is 9.59 Å². The molecule has 1 heterocycles. The highest BCUT2D eigenvalue weighted by Gasteiger charge is 2.03. The van der Waals surface area contributed by atoms with Gasteiger partial charge in [-0.15, -0.1) is 0 Å². The molecule has 0 bridgehead atoms. The fourth-order valence-electron chi connectivity index (χ4n) is 1.50. The summed E-state index contributed by atoms with van der Waals surface area (Å²) >= 11 is 5.74. The summed E-state index contributed by atoms with van der Waals surface area (Å²) in [6.07, 6.45) is 5.69. The maximum Gasteiger partial charge on any atom is 0.271 e. The second-order valence-electron chi connectivity index (χ2n) is 4.04. The van der Waals surface area contributed by atoms with Gasteiger partial charge >= 0.3 is 0 Å². The van der Waals surface area contributed by atoms with Crippen LogP contribution in [0.15, 0.2) is 61.1 Å². The number of benzene rings is 1. The zero-order valence-corrected chi connectivity index (χ0v) is 11.7. The van der Waals surface area contributed by atoms with Crippen LogP contribution in [0.4, 0.5) is 0 Å². The van der Waals surface area contributed by atoms with Crippen LogP contribution in [0.2, 0.25) is 5.02 Å². The number of pyridine rings is 1. The lowest BCUT2D eigenvalue weighted by atomic mass is 10.1. The number of aromatic nitrogens is 1. The van der Waals surface area contributed by atoms with Crippen LogP contribution in [0.25, 0.3) is 0 Å². The van der Waals surface area contributed by atoms with E-state index in [1.54, 1.807) is 42.6 Å². The number of rotatable bonds is 5. The number of nitrogens with zero attached hydrogens (tertiary/aromatic N) is 1. The number of nitrogens with one attached hydrogen (secondary N) is 2. The van der Waals surface area contributed by atoms with Crippen molar-refractivity contribution in [2.45, 2.75) is 0 Å². The highest BCUT2D eigenvalue weighted by molar-refractivity contribution is 6.30. The molecule has 2 rings (SSSR count). The smallest absolute Gasteiger partial charge is 0.271 e. The van der Waals surface area contributed by atoms with E-state index in [-0.39, 0.29) is 11.7 Å². The van der Waals surface area contributed by atoms with E-state index in [0.29, 0.717) is 16.1 Å². The highest BCUT2D eigenvalue weighted by Crippen LogP contribution is 2.10. The summed E-state index contributed by atoms with van der Waals surface area (Å²) in [6, 6.07) is 9.83. The number of hydrazine groups is 1. The van der Waals surface area contributed by atoms with Gasteiger partial charge in [-0.25, -0.2) is 0 Å². The molecule has 6 heteroatoms. The van der Waals surface area contributed by atoms with Crippen LogP contribution < -0.4 is 10.9 Å². The first-order valence-corrected chi connectivity index (χ1v) is 6.47. The van der Waals surface area contributed by atoms with Gasteiger partial charge < -0.3 is 5.43 Å². The Bertz CT molecular complexity index is 654. The van der Waals surface area contributed by atoms with E-state index in [1.165, 1.54) is 18.5 Å². The first kappa shape index (κ1) is 14.7. The van der Waals surface area contributed by atoms with Gasteiger partial charge in [-0.1, -0.05) is 11.6 Å². The Morgan fingerprint density at radius 3 is 2.52 bits per heavy atom. The number of ketones is 1. The molecule has 0 unspecified atom stereocenters. The molecule has 2 N–H and O–H groups in total. The molecule has 21 heavy (non-hydrogen) atoms. The topological polar surface area (TPSA) is 71.1 Å². The molecular weight excluding hydrogens is 290 g/mol. The first-order chi connectivity index (χ1) is 10.2. The second-order valence-corrected chi connectivity index (χ2v) is 4.48. The minimum atomic E-state index is -0.341. The van der Waals surface area contributed by atoms with Crippen molar-refractivity contribution in [2.75, 3.05) is 0 Å². The molecule has 0 saturated carbocycles. The van der Waals surface area contributed by atoms with Crippen molar-refractivity contribution in [2.24, 2.45) is 0 Å². The van der Waals surface area contributed by atoms with E-state index in [9.17, 15) is 9.59 Å². The molecule has 0 spiro atoms. The van der Waals surface area contributed by atoms with E-state index >= 15 is 0 Å². The van der Waals surface area contributed by atoms with Crippen molar-refractivity contribution >= 4 is 23.3 Å². The van der Waals surface area contributed by atoms with Gasteiger partial charge in [0, 0.05) is 35.3 Å². The van der Waals surface area contributed by atoms with Crippen molar-refractivity contribution in [1.82, 2.24) is 15.8 Å². The van der Waals surface area contributed by atoms with Crippen LogP contribution in [0.5, 0.6) is 0 Å². The van der Waals surface area contributed by atoms with Crippen molar-refractivity contribution in [3.05, 3.63) is 77.2 Å². The average Bonchev–Trinajstić information content (AvgIpc) is 2.52. The Morgan fingerprint density at radius 1 is 1.10 bits per heavy atom. The summed E-state index contributed by atoms with van der Waals surface area (Å²) < 4.78 is 0. The quantitative estimate of drug-likeness (QED) is 0.505. The third kappa shape index (κ3) is 4.43. The molecule has 5 nitrogen and oxygen atoms in total. The Hall–Kier alpha value is -2.66. The molecule has 0 aliphatic carbocycles. The lowest BCUT2D eigenvalue weighted by Gasteiger charge is -2.03. The van der Waals surface area contributed by atoms with Crippen LogP contribution in [0.1, 0.15) is 20.7 Å². The molecule has 0 aliphatic heterocycles. The largest absolute Gasteiger partial charge is 0.305 e. The van der Waals surface area contributed by atoms with Crippen molar-refractivity contribution in [3.63, 3.8) is 0 Å². The maximum absolute atomic E-state index is 11.8. The minimum Gasteiger partial charge on any atom is -0.305 e. The van der Waals surface area contributed by atoms with Gasteiger partial charge in [-0.05, 0) is 36.4 Å². The number of allylic oxidation sites excluding steroid dienone is 1.